The summed E-state index contributed by atoms with van der Waals surface area (Å²) in [6.45, 7) is 4.50. The van der Waals surface area contributed by atoms with Gasteiger partial charge in [0, 0.05) is 12.8 Å². The molecule has 1 N–H and O–H groups in total. The number of aliphatic carboxylic acids is 1. The molecule has 0 amide bonds. The van der Waals surface area contributed by atoms with Crippen LogP contribution in [0.2, 0.25) is 0 Å². The highest BCUT2D eigenvalue weighted by molar-refractivity contribution is 5.69. The van der Waals surface area contributed by atoms with Crippen molar-refractivity contribution in [2.24, 2.45) is 0 Å². The predicted molar refractivity (Wildman–Crippen MR) is 172 cm³/mol. The lowest BCUT2D eigenvalue weighted by Crippen LogP contribution is -2.18. The second-order valence-electron chi connectivity index (χ2n) is 12.1. The lowest BCUT2D eigenvalue weighted by molar-refractivity contribution is -0.150. The summed E-state index contributed by atoms with van der Waals surface area (Å²) >= 11 is 0. The molecule has 40 heavy (non-hydrogen) atoms. The normalized spacial score (nSPS) is 12.2. The fourth-order valence-electron chi connectivity index (χ4n) is 5.35. The number of rotatable bonds is 32. The zero-order chi connectivity index (χ0) is 29.4. The summed E-state index contributed by atoms with van der Waals surface area (Å²) in [4.78, 5) is 23.4. The molecule has 0 aromatic carbocycles. The van der Waals surface area contributed by atoms with Crippen molar-refractivity contribution >= 4 is 11.9 Å². The van der Waals surface area contributed by atoms with Crippen LogP contribution in [0, 0.1) is 0 Å². The molecule has 4 heteroatoms. The molecule has 0 saturated heterocycles. The Kier molecular flexibility index (Phi) is 31.1. The van der Waals surface area contributed by atoms with Gasteiger partial charge in [0.05, 0.1) is 0 Å². The maximum absolute atomic E-state index is 12.4. The third-order valence-corrected chi connectivity index (χ3v) is 7.99. The van der Waals surface area contributed by atoms with Crippen molar-refractivity contribution in [1.29, 1.82) is 0 Å². The molecule has 0 aliphatic rings. The van der Waals surface area contributed by atoms with Gasteiger partial charge in [-0.2, -0.15) is 0 Å². The van der Waals surface area contributed by atoms with Gasteiger partial charge in [-0.25, -0.2) is 0 Å². The summed E-state index contributed by atoms with van der Waals surface area (Å²) in [5.41, 5.74) is 0. The highest BCUT2D eigenvalue weighted by Crippen LogP contribution is 2.18. The number of unbranched alkanes of at least 4 members (excludes halogenated alkanes) is 21. The minimum Gasteiger partial charge on any atom is -0.481 e. The quantitative estimate of drug-likeness (QED) is 0.0501. The van der Waals surface area contributed by atoms with Gasteiger partial charge in [-0.05, 0) is 51.4 Å². The topological polar surface area (TPSA) is 63.6 Å². The van der Waals surface area contributed by atoms with Crippen molar-refractivity contribution in [3.05, 3.63) is 12.2 Å². The smallest absolute Gasteiger partial charge is 0.306 e. The Bertz CT molecular complexity index is 571. The van der Waals surface area contributed by atoms with Crippen LogP contribution < -0.4 is 0 Å². The summed E-state index contributed by atoms with van der Waals surface area (Å²) in [6, 6.07) is 0. The van der Waals surface area contributed by atoms with Gasteiger partial charge in [-0.3, -0.25) is 9.59 Å². The van der Waals surface area contributed by atoms with E-state index in [0.717, 1.165) is 25.7 Å². The molecular weight excluding hydrogens is 496 g/mol. The highest BCUT2D eigenvalue weighted by atomic mass is 16.5. The number of carbonyl (C=O) groups excluding carboxylic acids is 1. The molecular formula is C36H68O4. The third kappa shape index (κ3) is 31.2. The first kappa shape index (κ1) is 38.7. The van der Waals surface area contributed by atoms with Gasteiger partial charge in [0.15, 0.2) is 0 Å². The largest absolute Gasteiger partial charge is 0.481 e. The molecule has 0 aliphatic carbocycles. The number of carboxylic acids is 1. The predicted octanol–water partition coefficient (Wildman–Crippen LogP) is 11.9. The number of carbonyl (C=O) groups is 2. The van der Waals surface area contributed by atoms with E-state index in [2.05, 4.69) is 26.0 Å². The summed E-state index contributed by atoms with van der Waals surface area (Å²) in [7, 11) is 0. The minimum absolute atomic E-state index is 0.0971. The van der Waals surface area contributed by atoms with Gasteiger partial charge >= 0.3 is 11.9 Å². The number of hydrogen-bond acceptors (Lipinski definition) is 3. The molecule has 0 bridgehead atoms. The van der Waals surface area contributed by atoms with Crippen LogP contribution >= 0.6 is 0 Å². The van der Waals surface area contributed by atoms with E-state index in [1.807, 2.05) is 0 Å². The molecule has 1 atom stereocenters. The van der Waals surface area contributed by atoms with Crippen molar-refractivity contribution in [1.82, 2.24) is 0 Å². The van der Waals surface area contributed by atoms with Crippen LogP contribution in [0.25, 0.3) is 0 Å². The van der Waals surface area contributed by atoms with E-state index in [0.29, 0.717) is 19.3 Å². The van der Waals surface area contributed by atoms with E-state index in [4.69, 9.17) is 9.84 Å². The van der Waals surface area contributed by atoms with E-state index in [1.165, 1.54) is 135 Å². The SMILES string of the molecule is CCCC/C=C\CCCCCCCC(=O)OC(CCCCCCCCCCCCCCCCC)CCCC(=O)O. The number of carboxylic acid groups (broad SMARTS) is 1. The van der Waals surface area contributed by atoms with Gasteiger partial charge in [0.25, 0.3) is 0 Å². The molecule has 0 aromatic heterocycles. The van der Waals surface area contributed by atoms with Crippen LogP contribution in [0.3, 0.4) is 0 Å². The molecule has 0 aliphatic heterocycles. The van der Waals surface area contributed by atoms with Gasteiger partial charge in [0.1, 0.15) is 6.10 Å². The van der Waals surface area contributed by atoms with E-state index in [9.17, 15) is 9.59 Å². The molecule has 0 fully saturated rings. The van der Waals surface area contributed by atoms with E-state index in [1.54, 1.807) is 0 Å². The number of allylic oxidation sites excluding steroid dienone is 2. The van der Waals surface area contributed by atoms with Gasteiger partial charge in [0.2, 0.25) is 0 Å². The van der Waals surface area contributed by atoms with E-state index >= 15 is 0 Å². The first-order valence-corrected chi connectivity index (χ1v) is 17.7. The van der Waals surface area contributed by atoms with Crippen molar-refractivity contribution in [2.45, 2.75) is 206 Å². The van der Waals surface area contributed by atoms with Gasteiger partial charge in [-0.15, -0.1) is 0 Å². The minimum atomic E-state index is -0.770. The van der Waals surface area contributed by atoms with Crippen molar-refractivity contribution in [3.8, 4) is 0 Å². The second-order valence-corrected chi connectivity index (χ2v) is 12.1. The van der Waals surface area contributed by atoms with Crippen molar-refractivity contribution in [2.75, 3.05) is 0 Å². The third-order valence-electron chi connectivity index (χ3n) is 7.99. The average Bonchev–Trinajstić information content (AvgIpc) is 2.93. The average molecular weight is 565 g/mol. The second kappa shape index (κ2) is 32.2. The maximum Gasteiger partial charge on any atom is 0.306 e. The van der Waals surface area contributed by atoms with Crippen LogP contribution in [0.4, 0.5) is 0 Å². The molecule has 1 unspecified atom stereocenters. The molecule has 0 heterocycles. The molecule has 4 nitrogen and oxygen atoms in total. The monoisotopic (exact) mass is 565 g/mol. The summed E-state index contributed by atoms with van der Waals surface area (Å²) in [5.74, 6) is -0.867. The summed E-state index contributed by atoms with van der Waals surface area (Å²) in [6.07, 6.45) is 37.9. The molecule has 0 spiro atoms. The maximum atomic E-state index is 12.4. The lowest BCUT2D eigenvalue weighted by Gasteiger charge is -2.18. The number of hydrogen-bond donors (Lipinski definition) is 1. The Morgan fingerprint density at radius 2 is 0.950 bits per heavy atom. The Balaban J connectivity index is 3.83. The zero-order valence-electron chi connectivity index (χ0n) is 26.9. The number of ether oxygens (including phenoxy) is 1. The molecule has 0 aromatic rings. The van der Waals surface area contributed by atoms with Crippen LogP contribution in [0.5, 0.6) is 0 Å². The van der Waals surface area contributed by atoms with Crippen LogP contribution in [-0.4, -0.2) is 23.1 Å². The fourth-order valence-corrected chi connectivity index (χ4v) is 5.35. The molecule has 0 radical (unpaired) electrons. The molecule has 0 saturated carbocycles. The van der Waals surface area contributed by atoms with Gasteiger partial charge in [-0.1, -0.05) is 148 Å². The lowest BCUT2D eigenvalue weighted by atomic mass is 10.0. The summed E-state index contributed by atoms with van der Waals surface area (Å²) in [5, 5.41) is 8.98. The first-order valence-electron chi connectivity index (χ1n) is 17.7. The van der Waals surface area contributed by atoms with E-state index in [-0.39, 0.29) is 18.5 Å². The highest BCUT2D eigenvalue weighted by Gasteiger charge is 2.15. The Morgan fingerprint density at radius 1 is 0.525 bits per heavy atom. The molecule has 0 rings (SSSR count). The Labute approximate surface area is 249 Å². The van der Waals surface area contributed by atoms with Crippen molar-refractivity contribution < 1.29 is 19.4 Å². The summed E-state index contributed by atoms with van der Waals surface area (Å²) < 4.78 is 5.80. The Morgan fingerprint density at radius 3 is 1.48 bits per heavy atom. The number of esters is 1. The van der Waals surface area contributed by atoms with Crippen LogP contribution in [-0.2, 0) is 14.3 Å². The zero-order valence-corrected chi connectivity index (χ0v) is 26.9. The standard InChI is InChI=1S/C36H68O4/c1-3-5-7-9-11-13-15-16-17-18-20-21-23-25-27-30-34(31-29-32-35(37)38)40-36(39)33-28-26-24-22-19-14-12-10-8-6-4-2/h10,12,34H,3-9,11,13-33H2,1-2H3,(H,37,38)/b12-10-. The fraction of sp³-hybridized carbons (Fsp3) is 0.889. The van der Waals surface area contributed by atoms with Crippen molar-refractivity contribution in [3.63, 3.8) is 0 Å². The Hall–Kier alpha value is -1.32. The van der Waals surface area contributed by atoms with Crippen LogP contribution in [0.1, 0.15) is 200 Å². The molecule has 236 valence electrons. The van der Waals surface area contributed by atoms with E-state index < -0.39 is 5.97 Å². The van der Waals surface area contributed by atoms with Crippen LogP contribution in [0.15, 0.2) is 12.2 Å². The van der Waals surface area contributed by atoms with Gasteiger partial charge < -0.3 is 9.84 Å². The first-order chi connectivity index (χ1) is 19.6.